The van der Waals surface area contributed by atoms with E-state index in [1.165, 1.54) is 49.7 Å². The molecular weight excluding hydrogens is 424 g/mol. The smallest absolute Gasteiger partial charge is 0.321 e. The van der Waals surface area contributed by atoms with Crippen molar-refractivity contribution in [2.75, 3.05) is 0 Å². The number of carbonyl (C=O) groups is 2. The van der Waals surface area contributed by atoms with Crippen molar-refractivity contribution < 1.29 is 19.8 Å². The van der Waals surface area contributed by atoms with Crippen LogP contribution in [0.25, 0.3) is 0 Å². The SMILES string of the molecule is CCCCCCCCCCCCC(CC=C(C)CCC=C(C)CCC=C(C)C)(C(=O)O)C(=O)O. The van der Waals surface area contributed by atoms with Crippen molar-refractivity contribution in [1.82, 2.24) is 0 Å². The lowest BCUT2D eigenvalue weighted by Gasteiger charge is -2.24. The van der Waals surface area contributed by atoms with E-state index in [2.05, 4.69) is 39.8 Å². The molecule has 0 saturated heterocycles. The Hall–Kier alpha value is -1.84. The molecule has 0 aliphatic rings. The molecule has 0 aromatic rings. The van der Waals surface area contributed by atoms with Gasteiger partial charge in [-0.2, -0.15) is 0 Å². The van der Waals surface area contributed by atoms with E-state index in [0.717, 1.165) is 50.5 Å². The van der Waals surface area contributed by atoms with Gasteiger partial charge >= 0.3 is 11.9 Å². The molecule has 4 nitrogen and oxygen atoms in total. The fraction of sp³-hybridized carbons (Fsp3) is 0.733. The van der Waals surface area contributed by atoms with Crippen LogP contribution in [0.1, 0.15) is 137 Å². The molecule has 0 bridgehead atoms. The molecule has 2 N–H and O–H groups in total. The first-order valence-corrected chi connectivity index (χ1v) is 13.6. The summed E-state index contributed by atoms with van der Waals surface area (Å²) in [5, 5.41) is 19.6. The van der Waals surface area contributed by atoms with Gasteiger partial charge in [0.05, 0.1) is 0 Å². The summed E-state index contributed by atoms with van der Waals surface area (Å²) in [6.07, 6.45) is 21.8. The average Bonchev–Trinajstić information content (AvgIpc) is 2.76. The van der Waals surface area contributed by atoms with Crippen LogP contribution < -0.4 is 0 Å². The van der Waals surface area contributed by atoms with Crippen molar-refractivity contribution in [2.24, 2.45) is 5.41 Å². The minimum absolute atomic E-state index is 0.0597. The largest absolute Gasteiger partial charge is 0.480 e. The highest BCUT2D eigenvalue weighted by Gasteiger charge is 2.44. The fourth-order valence-electron chi connectivity index (χ4n) is 4.18. The minimum Gasteiger partial charge on any atom is -0.480 e. The van der Waals surface area contributed by atoms with Crippen LogP contribution in [0, 0.1) is 5.41 Å². The number of allylic oxidation sites excluding steroid dienone is 6. The van der Waals surface area contributed by atoms with E-state index in [9.17, 15) is 19.8 Å². The second-order valence-electron chi connectivity index (χ2n) is 10.3. The van der Waals surface area contributed by atoms with E-state index in [-0.39, 0.29) is 12.8 Å². The molecule has 0 atom stereocenters. The molecule has 34 heavy (non-hydrogen) atoms. The zero-order valence-corrected chi connectivity index (χ0v) is 22.8. The highest BCUT2D eigenvalue weighted by atomic mass is 16.4. The van der Waals surface area contributed by atoms with Crippen molar-refractivity contribution in [3.8, 4) is 0 Å². The predicted molar refractivity (Wildman–Crippen MR) is 144 cm³/mol. The summed E-state index contributed by atoms with van der Waals surface area (Å²) in [5.41, 5.74) is 2.04. The van der Waals surface area contributed by atoms with Crippen LogP contribution in [0.15, 0.2) is 34.9 Å². The fourth-order valence-corrected chi connectivity index (χ4v) is 4.18. The van der Waals surface area contributed by atoms with Crippen LogP contribution in [0.4, 0.5) is 0 Å². The van der Waals surface area contributed by atoms with Gasteiger partial charge in [0, 0.05) is 0 Å². The maximum absolute atomic E-state index is 12.0. The monoisotopic (exact) mass is 476 g/mol. The first-order chi connectivity index (χ1) is 16.2. The number of rotatable bonds is 21. The van der Waals surface area contributed by atoms with Crippen LogP contribution in [-0.4, -0.2) is 22.2 Å². The summed E-state index contributed by atoms with van der Waals surface area (Å²) in [5.74, 6) is -2.43. The van der Waals surface area contributed by atoms with Gasteiger partial charge in [-0.1, -0.05) is 106 Å². The van der Waals surface area contributed by atoms with Gasteiger partial charge in [0.25, 0.3) is 0 Å². The van der Waals surface area contributed by atoms with Gasteiger partial charge in [0.15, 0.2) is 5.41 Å². The van der Waals surface area contributed by atoms with E-state index >= 15 is 0 Å². The summed E-state index contributed by atoms with van der Waals surface area (Å²) in [6.45, 7) is 10.6. The number of hydrogen-bond acceptors (Lipinski definition) is 2. The third-order valence-electron chi connectivity index (χ3n) is 6.70. The Morgan fingerprint density at radius 3 is 1.56 bits per heavy atom. The maximum Gasteiger partial charge on any atom is 0.321 e. The Bertz CT molecular complexity index is 651. The van der Waals surface area contributed by atoms with E-state index < -0.39 is 17.4 Å². The molecule has 0 fully saturated rings. The van der Waals surface area contributed by atoms with Gasteiger partial charge in [-0.3, -0.25) is 9.59 Å². The molecule has 0 radical (unpaired) electrons. The van der Waals surface area contributed by atoms with Crippen molar-refractivity contribution in [1.29, 1.82) is 0 Å². The summed E-state index contributed by atoms with van der Waals surface area (Å²) < 4.78 is 0. The molecule has 196 valence electrons. The second kappa shape index (κ2) is 19.5. The van der Waals surface area contributed by atoms with Gasteiger partial charge < -0.3 is 10.2 Å². The molecule has 4 heteroatoms. The highest BCUT2D eigenvalue weighted by molar-refractivity contribution is 5.98. The number of hydrogen-bond donors (Lipinski definition) is 2. The first-order valence-electron chi connectivity index (χ1n) is 13.6. The standard InChI is InChI=1S/C30H52O4/c1-6-7-8-9-10-11-12-13-14-15-23-30(28(31)32,29(33)34)24-22-27(5)21-17-20-26(4)19-16-18-25(2)3/h18,20,22H,6-17,19,21,23-24H2,1-5H3,(H,31,32)(H,33,34). The Morgan fingerprint density at radius 2 is 1.09 bits per heavy atom. The third-order valence-corrected chi connectivity index (χ3v) is 6.70. The summed E-state index contributed by atoms with van der Waals surface area (Å²) in [7, 11) is 0. The molecule has 0 unspecified atom stereocenters. The number of aliphatic carboxylic acids is 2. The Kier molecular flexibility index (Phi) is 18.4. The number of carboxylic acid groups (broad SMARTS) is 2. The van der Waals surface area contributed by atoms with Crippen molar-refractivity contribution in [3.63, 3.8) is 0 Å². The van der Waals surface area contributed by atoms with E-state index in [1.54, 1.807) is 0 Å². The van der Waals surface area contributed by atoms with Crippen LogP contribution in [0.2, 0.25) is 0 Å². The van der Waals surface area contributed by atoms with Gasteiger partial charge in [-0.15, -0.1) is 0 Å². The zero-order chi connectivity index (χ0) is 25.8. The summed E-state index contributed by atoms with van der Waals surface area (Å²) >= 11 is 0. The second-order valence-corrected chi connectivity index (χ2v) is 10.3. The van der Waals surface area contributed by atoms with Crippen molar-refractivity contribution >= 4 is 11.9 Å². The topological polar surface area (TPSA) is 74.6 Å². The van der Waals surface area contributed by atoms with Gasteiger partial charge in [0.1, 0.15) is 0 Å². The molecule has 0 heterocycles. The third kappa shape index (κ3) is 15.1. The van der Waals surface area contributed by atoms with Gasteiger partial charge in [-0.25, -0.2) is 0 Å². The molecule has 0 saturated carbocycles. The highest BCUT2D eigenvalue weighted by Crippen LogP contribution is 2.32. The lowest BCUT2D eigenvalue weighted by Crippen LogP contribution is -2.39. The quantitative estimate of drug-likeness (QED) is 0.0983. The zero-order valence-electron chi connectivity index (χ0n) is 22.8. The molecule has 0 amide bonds. The minimum atomic E-state index is -1.71. The average molecular weight is 477 g/mol. The summed E-state index contributed by atoms with van der Waals surface area (Å²) in [6, 6.07) is 0. The van der Waals surface area contributed by atoms with E-state index in [0.29, 0.717) is 6.42 Å². The normalized spacial score (nSPS) is 12.6. The first kappa shape index (κ1) is 32.2. The van der Waals surface area contributed by atoms with Gasteiger partial charge in [-0.05, 0) is 66.2 Å². The number of carboxylic acids is 2. The molecule has 0 aromatic carbocycles. The molecule has 0 rings (SSSR count). The van der Waals surface area contributed by atoms with E-state index in [4.69, 9.17) is 0 Å². The predicted octanol–water partition coefficient (Wildman–Crippen LogP) is 9.26. The lowest BCUT2D eigenvalue weighted by molar-refractivity contribution is -0.165. The Labute approximate surface area is 209 Å². The van der Waals surface area contributed by atoms with E-state index in [1.807, 2.05) is 13.0 Å². The lowest BCUT2D eigenvalue weighted by atomic mass is 9.78. The molecule has 0 spiro atoms. The van der Waals surface area contributed by atoms with Crippen LogP contribution >= 0.6 is 0 Å². The number of unbranched alkanes of at least 4 members (excludes halogenated alkanes) is 9. The maximum atomic E-state index is 12.0. The van der Waals surface area contributed by atoms with Crippen molar-refractivity contribution in [2.45, 2.75) is 137 Å². The molecule has 0 aliphatic carbocycles. The molecule has 0 aromatic heterocycles. The van der Waals surface area contributed by atoms with Crippen LogP contribution in [0.5, 0.6) is 0 Å². The summed E-state index contributed by atoms with van der Waals surface area (Å²) in [4.78, 5) is 24.0. The van der Waals surface area contributed by atoms with Crippen LogP contribution in [-0.2, 0) is 9.59 Å². The van der Waals surface area contributed by atoms with Crippen LogP contribution in [0.3, 0.4) is 0 Å². The molecule has 0 aliphatic heterocycles. The van der Waals surface area contributed by atoms with Gasteiger partial charge in [0.2, 0.25) is 0 Å². The molecular formula is C30H52O4. The Balaban J connectivity index is 4.57. The Morgan fingerprint density at radius 1 is 0.647 bits per heavy atom. The van der Waals surface area contributed by atoms with Crippen molar-refractivity contribution in [3.05, 3.63) is 34.9 Å².